The number of nitrogens with zero attached hydrogens (tertiary/aromatic N) is 2. The highest BCUT2D eigenvalue weighted by Gasteiger charge is 2.24. The van der Waals surface area contributed by atoms with Crippen LogP contribution >= 0.6 is 0 Å². The van der Waals surface area contributed by atoms with Crippen molar-refractivity contribution in [2.45, 2.75) is 91.1 Å². The third kappa shape index (κ3) is 7.68. The molecule has 0 unspecified atom stereocenters. The van der Waals surface area contributed by atoms with Crippen LogP contribution in [0.15, 0.2) is 9.59 Å². The molecular formula is C21H35N3O6. The van der Waals surface area contributed by atoms with Crippen molar-refractivity contribution in [2.75, 3.05) is 6.54 Å². The van der Waals surface area contributed by atoms with Crippen molar-refractivity contribution in [3.8, 4) is 5.88 Å². The summed E-state index contributed by atoms with van der Waals surface area (Å²) >= 11 is 0. The summed E-state index contributed by atoms with van der Waals surface area (Å²) < 4.78 is 2.03. The molecule has 170 valence electrons. The number of carbonyl (C=O) groups excluding carboxylic acids is 1. The number of amides is 1. The number of aromatic nitrogens is 2. The predicted octanol–water partition coefficient (Wildman–Crippen LogP) is 2.47. The number of unbranched alkanes of at least 4 members (excludes halogenated alkanes) is 8. The van der Waals surface area contributed by atoms with E-state index in [4.69, 9.17) is 5.11 Å². The van der Waals surface area contributed by atoms with Crippen molar-refractivity contribution < 1.29 is 19.8 Å². The molecule has 3 N–H and O–H groups in total. The van der Waals surface area contributed by atoms with Gasteiger partial charge in [-0.1, -0.05) is 65.2 Å². The highest BCUT2D eigenvalue weighted by Crippen LogP contribution is 2.13. The minimum atomic E-state index is -1.27. The summed E-state index contributed by atoms with van der Waals surface area (Å²) in [7, 11) is 0. The number of aromatic hydroxyl groups is 1. The monoisotopic (exact) mass is 425 g/mol. The summed E-state index contributed by atoms with van der Waals surface area (Å²) in [5.41, 5.74) is -2.12. The Morgan fingerprint density at radius 2 is 1.33 bits per heavy atom. The molecule has 0 bridgehead atoms. The molecule has 1 aromatic heterocycles. The van der Waals surface area contributed by atoms with Gasteiger partial charge in [0.15, 0.2) is 5.56 Å². The number of aliphatic carboxylic acids is 1. The summed E-state index contributed by atoms with van der Waals surface area (Å²) in [5, 5.41) is 21.4. The Kier molecular flexibility index (Phi) is 11.5. The van der Waals surface area contributed by atoms with Crippen molar-refractivity contribution in [3.63, 3.8) is 0 Å². The van der Waals surface area contributed by atoms with Gasteiger partial charge in [0.1, 0.15) is 6.54 Å². The fraction of sp³-hybridized carbons (Fsp3) is 0.714. The lowest BCUT2D eigenvalue weighted by Crippen LogP contribution is -2.45. The first-order valence-corrected chi connectivity index (χ1v) is 10.9. The van der Waals surface area contributed by atoms with E-state index in [1.807, 2.05) is 0 Å². The fourth-order valence-corrected chi connectivity index (χ4v) is 3.28. The molecule has 0 aromatic carbocycles. The zero-order valence-electron chi connectivity index (χ0n) is 18.1. The Hall–Kier alpha value is -2.58. The van der Waals surface area contributed by atoms with Crippen LogP contribution in [0.3, 0.4) is 0 Å². The van der Waals surface area contributed by atoms with Crippen LogP contribution in [0.5, 0.6) is 5.88 Å². The molecule has 0 atom stereocenters. The zero-order chi connectivity index (χ0) is 22.5. The molecule has 0 spiro atoms. The van der Waals surface area contributed by atoms with E-state index in [9.17, 15) is 24.3 Å². The average molecular weight is 426 g/mol. The fourth-order valence-electron chi connectivity index (χ4n) is 3.28. The number of carbonyl (C=O) groups is 2. The quantitative estimate of drug-likeness (QED) is 0.370. The van der Waals surface area contributed by atoms with Gasteiger partial charge in [0.2, 0.25) is 5.88 Å². The predicted molar refractivity (Wildman–Crippen MR) is 114 cm³/mol. The van der Waals surface area contributed by atoms with Crippen molar-refractivity contribution in [1.82, 2.24) is 14.5 Å². The third-order valence-electron chi connectivity index (χ3n) is 5.00. The lowest BCUT2D eigenvalue weighted by Gasteiger charge is -2.15. The summed E-state index contributed by atoms with van der Waals surface area (Å²) in [6.45, 7) is 3.83. The maximum absolute atomic E-state index is 12.8. The number of hydrogen-bond donors (Lipinski definition) is 3. The van der Waals surface area contributed by atoms with E-state index >= 15 is 0 Å². The Morgan fingerprint density at radius 3 is 1.83 bits per heavy atom. The lowest BCUT2D eigenvalue weighted by molar-refractivity contribution is -0.135. The van der Waals surface area contributed by atoms with Crippen molar-refractivity contribution in [1.29, 1.82) is 0 Å². The Balaban J connectivity index is 3.17. The SMILES string of the molecule is CCCCCCCn1c(O)c(C(=O)NCC(=O)O)c(=O)n(CCCCCCC)c1=O. The van der Waals surface area contributed by atoms with E-state index in [0.717, 1.165) is 60.5 Å². The van der Waals surface area contributed by atoms with E-state index in [1.54, 1.807) is 0 Å². The second-order valence-electron chi connectivity index (χ2n) is 7.49. The molecule has 1 rings (SSSR count). The van der Waals surface area contributed by atoms with Crippen LogP contribution in [0, 0.1) is 0 Å². The van der Waals surface area contributed by atoms with Crippen LogP contribution < -0.4 is 16.6 Å². The Bertz CT molecular complexity index is 812. The smallest absolute Gasteiger partial charge is 0.333 e. The van der Waals surface area contributed by atoms with Gasteiger partial charge in [-0.2, -0.15) is 0 Å². The van der Waals surface area contributed by atoms with E-state index in [1.165, 1.54) is 0 Å². The van der Waals surface area contributed by atoms with E-state index in [0.29, 0.717) is 12.8 Å². The summed E-state index contributed by atoms with van der Waals surface area (Å²) in [6, 6.07) is 0. The molecule has 1 amide bonds. The van der Waals surface area contributed by atoms with Crippen LogP contribution in [0.2, 0.25) is 0 Å². The number of nitrogens with one attached hydrogen (secondary N) is 1. The first kappa shape index (κ1) is 25.5. The van der Waals surface area contributed by atoms with Crippen LogP contribution in [0.1, 0.15) is 88.4 Å². The molecule has 0 saturated heterocycles. The molecule has 1 heterocycles. The van der Waals surface area contributed by atoms with E-state index in [-0.39, 0.29) is 13.1 Å². The highest BCUT2D eigenvalue weighted by atomic mass is 16.4. The average Bonchev–Trinajstić information content (AvgIpc) is 2.70. The minimum absolute atomic E-state index is 0.150. The maximum Gasteiger partial charge on any atom is 0.333 e. The topological polar surface area (TPSA) is 131 Å². The normalized spacial score (nSPS) is 10.9. The maximum atomic E-state index is 12.8. The van der Waals surface area contributed by atoms with Gasteiger partial charge >= 0.3 is 11.7 Å². The van der Waals surface area contributed by atoms with Gasteiger partial charge < -0.3 is 15.5 Å². The first-order chi connectivity index (χ1) is 14.3. The standard InChI is InChI=1S/C21H35N3O6/c1-3-5-7-9-11-13-23-19(28)17(18(27)22-15-16(25)26)20(29)24(21(23)30)14-12-10-8-6-4-2/h28H,3-15H2,1-2H3,(H,22,27)(H,25,26). The van der Waals surface area contributed by atoms with Crippen LogP contribution in [0.25, 0.3) is 0 Å². The Morgan fingerprint density at radius 1 is 0.833 bits per heavy atom. The summed E-state index contributed by atoms with van der Waals surface area (Å²) in [5.74, 6) is -2.98. The molecule has 0 aliphatic carbocycles. The van der Waals surface area contributed by atoms with E-state index in [2.05, 4.69) is 19.2 Å². The van der Waals surface area contributed by atoms with Gasteiger partial charge in [0.25, 0.3) is 11.5 Å². The molecule has 0 aliphatic rings. The summed E-state index contributed by atoms with van der Waals surface area (Å²) in [6.07, 6.45) is 9.19. The molecule has 0 saturated carbocycles. The minimum Gasteiger partial charge on any atom is -0.494 e. The molecule has 0 radical (unpaired) electrons. The second-order valence-corrected chi connectivity index (χ2v) is 7.49. The van der Waals surface area contributed by atoms with Crippen molar-refractivity contribution in [3.05, 3.63) is 26.4 Å². The molecule has 9 nitrogen and oxygen atoms in total. The van der Waals surface area contributed by atoms with Crippen molar-refractivity contribution in [2.24, 2.45) is 0 Å². The zero-order valence-corrected chi connectivity index (χ0v) is 18.1. The third-order valence-corrected chi connectivity index (χ3v) is 5.00. The van der Waals surface area contributed by atoms with Crippen LogP contribution in [0.4, 0.5) is 0 Å². The molecule has 30 heavy (non-hydrogen) atoms. The van der Waals surface area contributed by atoms with Gasteiger partial charge in [-0.3, -0.25) is 23.5 Å². The Labute approximate surface area is 176 Å². The number of carboxylic acids is 1. The number of carboxylic acid groups (broad SMARTS) is 1. The molecule has 9 heteroatoms. The van der Waals surface area contributed by atoms with E-state index < -0.39 is 41.1 Å². The van der Waals surface area contributed by atoms with Gasteiger partial charge in [-0.15, -0.1) is 0 Å². The summed E-state index contributed by atoms with van der Waals surface area (Å²) in [4.78, 5) is 48.7. The largest absolute Gasteiger partial charge is 0.494 e. The first-order valence-electron chi connectivity index (χ1n) is 10.9. The molecule has 0 fully saturated rings. The van der Waals surface area contributed by atoms with Gasteiger partial charge in [-0.05, 0) is 12.8 Å². The lowest BCUT2D eigenvalue weighted by atomic mass is 10.1. The van der Waals surface area contributed by atoms with Gasteiger partial charge in [-0.25, -0.2) is 4.79 Å². The molecular weight excluding hydrogens is 390 g/mol. The van der Waals surface area contributed by atoms with Gasteiger partial charge in [0.05, 0.1) is 0 Å². The highest BCUT2D eigenvalue weighted by molar-refractivity contribution is 5.97. The number of hydrogen-bond acceptors (Lipinski definition) is 5. The van der Waals surface area contributed by atoms with Gasteiger partial charge in [0, 0.05) is 13.1 Å². The van der Waals surface area contributed by atoms with Crippen LogP contribution in [-0.2, 0) is 17.9 Å². The van der Waals surface area contributed by atoms with Crippen LogP contribution in [-0.4, -0.2) is 37.8 Å². The number of rotatable bonds is 15. The van der Waals surface area contributed by atoms with Crippen molar-refractivity contribution >= 4 is 11.9 Å². The molecule has 1 aromatic rings. The molecule has 0 aliphatic heterocycles. The second kappa shape index (κ2) is 13.6.